The highest BCUT2D eigenvalue weighted by atomic mass is 16.3. The first kappa shape index (κ1) is 11.9. The molecule has 18 heavy (non-hydrogen) atoms. The number of amides is 1. The standard InChI is InChI=1S/C13H12N2O3/c1-8-4-9(7-14-6-8)15-13(18)11-5-10(16)2-3-12(11)17/h2-7,16-17H,1H3,(H,15,18). The number of aromatic nitrogens is 1. The van der Waals surface area contributed by atoms with Gasteiger partial charge in [-0.15, -0.1) is 0 Å². The third-order valence-corrected chi connectivity index (χ3v) is 2.36. The number of pyridine rings is 1. The fourth-order valence-electron chi connectivity index (χ4n) is 1.53. The van der Waals surface area contributed by atoms with Gasteiger partial charge in [-0.25, -0.2) is 0 Å². The van der Waals surface area contributed by atoms with E-state index in [1.807, 2.05) is 6.92 Å². The van der Waals surface area contributed by atoms with Gasteiger partial charge < -0.3 is 15.5 Å². The van der Waals surface area contributed by atoms with Gasteiger partial charge in [0.1, 0.15) is 11.5 Å². The van der Waals surface area contributed by atoms with E-state index in [4.69, 9.17) is 0 Å². The van der Waals surface area contributed by atoms with E-state index < -0.39 is 5.91 Å². The number of benzene rings is 1. The summed E-state index contributed by atoms with van der Waals surface area (Å²) in [5, 5.41) is 21.4. The molecule has 2 aromatic rings. The predicted octanol–water partition coefficient (Wildman–Crippen LogP) is 2.05. The van der Waals surface area contributed by atoms with Crippen LogP contribution >= 0.6 is 0 Å². The van der Waals surface area contributed by atoms with Gasteiger partial charge in [-0.05, 0) is 36.8 Å². The first-order chi connectivity index (χ1) is 8.56. The first-order valence-corrected chi connectivity index (χ1v) is 5.31. The lowest BCUT2D eigenvalue weighted by atomic mass is 10.1. The highest BCUT2D eigenvalue weighted by Crippen LogP contribution is 2.23. The fourth-order valence-corrected chi connectivity index (χ4v) is 1.53. The van der Waals surface area contributed by atoms with Crippen LogP contribution in [0.25, 0.3) is 0 Å². The highest BCUT2D eigenvalue weighted by molar-refractivity contribution is 6.06. The largest absolute Gasteiger partial charge is 0.508 e. The number of carbonyl (C=O) groups excluding carboxylic acids is 1. The highest BCUT2D eigenvalue weighted by Gasteiger charge is 2.12. The van der Waals surface area contributed by atoms with Crippen LogP contribution in [0, 0.1) is 6.92 Å². The number of anilines is 1. The van der Waals surface area contributed by atoms with Gasteiger partial charge in [0, 0.05) is 6.20 Å². The van der Waals surface area contributed by atoms with Gasteiger partial charge in [-0.1, -0.05) is 0 Å². The zero-order valence-electron chi connectivity index (χ0n) is 9.71. The van der Waals surface area contributed by atoms with Crippen LogP contribution in [-0.4, -0.2) is 21.1 Å². The van der Waals surface area contributed by atoms with Crippen molar-refractivity contribution in [2.24, 2.45) is 0 Å². The number of hydrogen-bond acceptors (Lipinski definition) is 4. The Bertz CT molecular complexity index is 597. The van der Waals surface area contributed by atoms with Gasteiger partial charge >= 0.3 is 0 Å². The molecule has 0 aliphatic rings. The number of phenols is 2. The number of rotatable bonds is 2. The molecule has 1 aromatic heterocycles. The fraction of sp³-hybridized carbons (Fsp3) is 0.0769. The van der Waals surface area contributed by atoms with Gasteiger partial charge in [-0.2, -0.15) is 0 Å². The van der Waals surface area contributed by atoms with Crippen LogP contribution in [0.4, 0.5) is 5.69 Å². The van der Waals surface area contributed by atoms with Crippen molar-refractivity contribution in [2.45, 2.75) is 6.92 Å². The van der Waals surface area contributed by atoms with Crippen LogP contribution < -0.4 is 5.32 Å². The predicted molar refractivity (Wildman–Crippen MR) is 66.7 cm³/mol. The molecule has 0 aliphatic heterocycles. The summed E-state index contributed by atoms with van der Waals surface area (Å²) in [5.41, 5.74) is 1.45. The van der Waals surface area contributed by atoms with Crippen molar-refractivity contribution in [2.75, 3.05) is 5.32 Å². The van der Waals surface area contributed by atoms with Crippen molar-refractivity contribution in [3.05, 3.63) is 47.8 Å². The smallest absolute Gasteiger partial charge is 0.259 e. The normalized spacial score (nSPS) is 10.1. The molecule has 5 heteroatoms. The van der Waals surface area contributed by atoms with Crippen LogP contribution in [0.1, 0.15) is 15.9 Å². The average Bonchev–Trinajstić information content (AvgIpc) is 2.32. The second-order valence-corrected chi connectivity index (χ2v) is 3.91. The summed E-state index contributed by atoms with van der Waals surface area (Å²) >= 11 is 0. The van der Waals surface area contributed by atoms with Crippen LogP contribution in [0.5, 0.6) is 11.5 Å². The molecular weight excluding hydrogens is 232 g/mol. The molecule has 0 aliphatic carbocycles. The minimum Gasteiger partial charge on any atom is -0.508 e. The summed E-state index contributed by atoms with van der Waals surface area (Å²) < 4.78 is 0. The number of nitrogens with one attached hydrogen (secondary N) is 1. The summed E-state index contributed by atoms with van der Waals surface area (Å²) in [4.78, 5) is 15.8. The van der Waals surface area contributed by atoms with E-state index in [9.17, 15) is 15.0 Å². The topological polar surface area (TPSA) is 82.5 Å². The van der Waals surface area contributed by atoms with Crippen LogP contribution in [0.3, 0.4) is 0 Å². The maximum atomic E-state index is 11.9. The van der Waals surface area contributed by atoms with Gasteiger partial charge in [0.05, 0.1) is 17.4 Å². The lowest BCUT2D eigenvalue weighted by Gasteiger charge is -2.07. The van der Waals surface area contributed by atoms with Crippen molar-refractivity contribution in [3.8, 4) is 11.5 Å². The van der Waals surface area contributed by atoms with Crippen molar-refractivity contribution < 1.29 is 15.0 Å². The van der Waals surface area contributed by atoms with Crippen LogP contribution in [0.2, 0.25) is 0 Å². The van der Waals surface area contributed by atoms with Gasteiger partial charge in [0.25, 0.3) is 5.91 Å². The van der Waals surface area contributed by atoms with E-state index >= 15 is 0 Å². The maximum Gasteiger partial charge on any atom is 0.259 e. The van der Waals surface area contributed by atoms with E-state index in [0.717, 1.165) is 5.56 Å². The molecule has 0 bridgehead atoms. The van der Waals surface area contributed by atoms with Gasteiger partial charge in [0.15, 0.2) is 0 Å². The molecule has 2 rings (SSSR count). The Labute approximate surface area is 104 Å². The summed E-state index contributed by atoms with van der Waals surface area (Å²) in [6.07, 6.45) is 3.17. The molecule has 1 aromatic carbocycles. The molecule has 1 amide bonds. The Morgan fingerprint density at radius 2 is 2.00 bits per heavy atom. The minimum atomic E-state index is -0.504. The molecule has 0 spiro atoms. The number of hydrogen-bond donors (Lipinski definition) is 3. The third kappa shape index (κ3) is 2.57. The summed E-state index contributed by atoms with van der Waals surface area (Å²) in [6, 6.07) is 5.53. The van der Waals surface area contributed by atoms with Crippen LogP contribution in [0.15, 0.2) is 36.7 Å². The number of aryl methyl sites for hydroxylation is 1. The molecule has 5 nitrogen and oxygen atoms in total. The van der Waals surface area contributed by atoms with E-state index in [1.165, 1.54) is 24.4 Å². The molecule has 3 N–H and O–H groups in total. The Kier molecular flexibility index (Phi) is 3.14. The zero-order valence-corrected chi connectivity index (χ0v) is 9.71. The lowest BCUT2D eigenvalue weighted by molar-refractivity contribution is 0.102. The minimum absolute atomic E-state index is 0.0107. The Balaban J connectivity index is 2.24. The van der Waals surface area contributed by atoms with Crippen molar-refractivity contribution in [3.63, 3.8) is 0 Å². The summed E-state index contributed by atoms with van der Waals surface area (Å²) in [6.45, 7) is 1.86. The third-order valence-electron chi connectivity index (χ3n) is 2.36. The quantitative estimate of drug-likeness (QED) is 0.706. The van der Waals surface area contributed by atoms with Crippen molar-refractivity contribution >= 4 is 11.6 Å². The molecule has 0 fully saturated rings. The second-order valence-electron chi connectivity index (χ2n) is 3.91. The van der Waals surface area contributed by atoms with Crippen molar-refractivity contribution in [1.82, 2.24) is 4.98 Å². The molecular formula is C13H12N2O3. The van der Waals surface area contributed by atoms with Gasteiger partial charge in [0.2, 0.25) is 0 Å². The lowest BCUT2D eigenvalue weighted by Crippen LogP contribution is -2.12. The molecule has 0 saturated heterocycles. The number of carbonyl (C=O) groups is 1. The van der Waals surface area contributed by atoms with Crippen molar-refractivity contribution in [1.29, 1.82) is 0 Å². The van der Waals surface area contributed by atoms with E-state index in [-0.39, 0.29) is 17.1 Å². The zero-order chi connectivity index (χ0) is 13.1. The second kappa shape index (κ2) is 4.75. The first-order valence-electron chi connectivity index (χ1n) is 5.31. The van der Waals surface area contributed by atoms with E-state index in [1.54, 1.807) is 12.3 Å². The number of aromatic hydroxyl groups is 2. The maximum absolute atomic E-state index is 11.9. The Hall–Kier alpha value is -2.56. The number of phenolic OH excluding ortho intramolecular Hbond substituents is 2. The molecule has 1 heterocycles. The Morgan fingerprint density at radius 1 is 1.22 bits per heavy atom. The van der Waals surface area contributed by atoms with E-state index in [0.29, 0.717) is 5.69 Å². The molecule has 0 radical (unpaired) electrons. The summed E-state index contributed by atoms with van der Waals surface area (Å²) in [7, 11) is 0. The summed E-state index contributed by atoms with van der Waals surface area (Å²) in [5.74, 6) is -0.776. The SMILES string of the molecule is Cc1cncc(NC(=O)c2cc(O)ccc2O)c1. The average molecular weight is 244 g/mol. The Morgan fingerprint density at radius 3 is 2.72 bits per heavy atom. The van der Waals surface area contributed by atoms with Crippen LogP contribution in [-0.2, 0) is 0 Å². The van der Waals surface area contributed by atoms with E-state index in [2.05, 4.69) is 10.3 Å². The molecule has 0 unspecified atom stereocenters. The molecule has 92 valence electrons. The monoisotopic (exact) mass is 244 g/mol. The molecule has 0 saturated carbocycles. The number of nitrogens with zero attached hydrogens (tertiary/aromatic N) is 1. The van der Waals surface area contributed by atoms with Gasteiger partial charge in [-0.3, -0.25) is 9.78 Å². The molecule has 0 atom stereocenters.